The molecule has 0 heterocycles. The monoisotopic (exact) mass is 262 g/mol. The van der Waals surface area contributed by atoms with Gasteiger partial charge in [0, 0.05) is 4.47 Å². The van der Waals surface area contributed by atoms with Crippen LogP contribution in [0.15, 0.2) is 16.6 Å². The lowest BCUT2D eigenvalue weighted by Gasteiger charge is -2.06. The summed E-state index contributed by atoms with van der Waals surface area (Å²) in [4.78, 5) is 11.0. The second-order valence-corrected chi connectivity index (χ2v) is 3.77. The lowest BCUT2D eigenvalue weighted by Crippen LogP contribution is -1.96. The molecule has 0 aliphatic carbocycles. The second-order valence-electron chi connectivity index (χ2n) is 2.57. The Hall–Kier alpha value is -0.540. The average molecular weight is 264 g/mol. The molecular formula is C9H8BrClO2. The third-order valence-corrected chi connectivity index (χ3v) is 2.51. The number of carbonyl (C=O) groups is 1. The number of hydrogen-bond acceptors (Lipinski definition) is 2. The molecule has 2 nitrogen and oxygen atoms in total. The van der Waals surface area contributed by atoms with Crippen LogP contribution < -0.4 is 4.74 Å². The summed E-state index contributed by atoms with van der Waals surface area (Å²) in [5, 5.41) is -0.466. The highest BCUT2D eigenvalue weighted by Crippen LogP contribution is 2.27. The largest absolute Gasteiger partial charge is 0.497 e. The van der Waals surface area contributed by atoms with E-state index in [1.54, 1.807) is 19.2 Å². The van der Waals surface area contributed by atoms with Gasteiger partial charge in [0.15, 0.2) is 0 Å². The van der Waals surface area contributed by atoms with Gasteiger partial charge in [-0.2, -0.15) is 0 Å². The van der Waals surface area contributed by atoms with E-state index in [0.717, 1.165) is 5.56 Å². The van der Waals surface area contributed by atoms with Gasteiger partial charge in [0.2, 0.25) is 0 Å². The van der Waals surface area contributed by atoms with Gasteiger partial charge in [-0.25, -0.2) is 0 Å². The molecule has 13 heavy (non-hydrogen) atoms. The molecule has 0 aromatic heterocycles. The fraction of sp³-hybridized carbons (Fsp3) is 0.222. The molecule has 0 aliphatic rings. The van der Waals surface area contributed by atoms with Crippen LogP contribution in [0.2, 0.25) is 0 Å². The second kappa shape index (κ2) is 4.11. The van der Waals surface area contributed by atoms with Crippen LogP contribution in [-0.2, 0) is 0 Å². The molecule has 0 spiro atoms. The highest BCUT2D eigenvalue weighted by molar-refractivity contribution is 9.10. The van der Waals surface area contributed by atoms with Crippen molar-refractivity contribution in [1.82, 2.24) is 0 Å². The van der Waals surface area contributed by atoms with Crippen molar-refractivity contribution in [2.45, 2.75) is 6.92 Å². The Morgan fingerprint density at radius 2 is 2.15 bits per heavy atom. The van der Waals surface area contributed by atoms with Crippen LogP contribution in [0.3, 0.4) is 0 Å². The van der Waals surface area contributed by atoms with Crippen molar-refractivity contribution in [1.29, 1.82) is 0 Å². The van der Waals surface area contributed by atoms with Crippen LogP contribution in [0.5, 0.6) is 5.75 Å². The zero-order chi connectivity index (χ0) is 10.0. The number of benzene rings is 1. The topological polar surface area (TPSA) is 26.3 Å². The fourth-order valence-corrected chi connectivity index (χ4v) is 2.16. The van der Waals surface area contributed by atoms with Crippen molar-refractivity contribution in [3.63, 3.8) is 0 Å². The summed E-state index contributed by atoms with van der Waals surface area (Å²) in [6.45, 7) is 1.81. The number of methoxy groups -OCH3 is 1. The van der Waals surface area contributed by atoms with E-state index in [1.807, 2.05) is 6.92 Å². The minimum absolute atomic E-state index is 0.466. The number of aryl methyl sites for hydroxylation is 1. The van der Waals surface area contributed by atoms with Gasteiger partial charge in [0.05, 0.1) is 12.7 Å². The van der Waals surface area contributed by atoms with E-state index >= 15 is 0 Å². The third-order valence-electron chi connectivity index (χ3n) is 1.69. The van der Waals surface area contributed by atoms with E-state index in [2.05, 4.69) is 15.9 Å². The first kappa shape index (κ1) is 10.5. The number of hydrogen-bond donors (Lipinski definition) is 0. The fourth-order valence-electron chi connectivity index (χ4n) is 1.08. The summed E-state index contributed by atoms with van der Waals surface area (Å²) in [6, 6.07) is 3.48. The minimum atomic E-state index is -0.466. The quantitative estimate of drug-likeness (QED) is 0.766. The molecule has 4 heteroatoms. The van der Waals surface area contributed by atoms with Gasteiger partial charge < -0.3 is 4.74 Å². The van der Waals surface area contributed by atoms with Crippen LogP contribution in [0, 0.1) is 6.92 Å². The third kappa shape index (κ3) is 2.23. The zero-order valence-corrected chi connectivity index (χ0v) is 9.57. The van der Waals surface area contributed by atoms with Crippen molar-refractivity contribution in [3.8, 4) is 5.75 Å². The smallest absolute Gasteiger partial charge is 0.253 e. The lowest BCUT2D eigenvalue weighted by atomic mass is 10.1. The summed E-state index contributed by atoms with van der Waals surface area (Å²) in [6.07, 6.45) is 0. The Labute approximate surface area is 90.0 Å². The standard InChI is InChI=1S/C9H8BrClO2/c1-5-3-6(13-2)4-7(10)8(5)9(11)12/h3-4H,1-2H3. The predicted octanol–water partition coefficient (Wildman–Crippen LogP) is 3.15. The molecule has 0 saturated heterocycles. The normalized spacial score (nSPS) is 9.85. The molecule has 0 saturated carbocycles. The summed E-state index contributed by atoms with van der Waals surface area (Å²) in [5.41, 5.74) is 1.29. The number of ether oxygens (including phenoxy) is 1. The molecule has 0 radical (unpaired) electrons. The molecule has 0 aliphatic heterocycles. The Kier molecular flexibility index (Phi) is 3.33. The van der Waals surface area contributed by atoms with E-state index in [0.29, 0.717) is 15.8 Å². The minimum Gasteiger partial charge on any atom is -0.497 e. The zero-order valence-electron chi connectivity index (χ0n) is 7.23. The number of rotatable bonds is 2. The Morgan fingerprint density at radius 3 is 2.54 bits per heavy atom. The van der Waals surface area contributed by atoms with Gasteiger partial charge in [-0.1, -0.05) is 0 Å². The number of carbonyl (C=O) groups excluding carboxylic acids is 1. The molecule has 0 atom stereocenters. The van der Waals surface area contributed by atoms with E-state index in [1.165, 1.54) is 0 Å². The molecule has 1 aromatic rings. The molecule has 1 aromatic carbocycles. The van der Waals surface area contributed by atoms with Gasteiger partial charge in [-0.15, -0.1) is 0 Å². The van der Waals surface area contributed by atoms with Crippen molar-refractivity contribution in [2.24, 2.45) is 0 Å². The molecule has 70 valence electrons. The molecule has 1 rings (SSSR count). The van der Waals surface area contributed by atoms with Crippen molar-refractivity contribution < 1.29 is 9.53 Å². The van der Waals surface area contributed by atoms with Gasteiger partial charge in [-0.05, 0) is 52.2 Å². The number of halogens is 2. The highest BCUT2D eigenvalue weighted by Gasteiger charge is 2.11. The highest BCUT2D eigenvalue weighted by atomic mass is 79.9. The average Bonchev–Trinajstić information content (AvgIpc) is 2.02. The van der Waals surface area contributed by atoms with Crippen LogP contribution in [-0.4, -0.2) is 12.4 Å². The molecule has 0 N–H and O–H groups in total. The Balaban J connectivity index is 3.31. The molecule has 0 amide bonds. The van der Waals surface area contributed by atoms with Crippen LogP contribution in [0.25, 0.3) is 0 Å². The maximum absolute atomic E-state index is 11.0. The van der Waals surface area contributed by atoms with E-state index in [4.69, 9.17) is 16.3 Å². The lowest BCUT2D eigenvalue weighted by molar-refractivity contribution is 0.108. The molecular weight excluding hydrogens is 255 g/mol. The summed E-state index contributed by atoms with van der Waals surface area (Å²) in [7, 11) is 1.57. The van der Waals surface area contributed by atoms with Crippen molar-refractivity contribution in [2.75, 3.05) is 7.11 Å². The molecule has 0 bridgehead atoms. The maximum atomic E-state index is 11.0. The van der Waals surface area contributed by atoms with Gasteiger partial charge in [0.25, 0.3) is 5.24 Å². The van der Waals surface area contributed by atoms with Gasteiger partial charge in [-0.3, -0.25) is 4.79 Å². The first-order chi connectivity index (χ1) is 6.06. The molecule has 0 unspecified atom stereocenters. The summed E-state index contributed by atoms with van der Waals surface area (Å²) >= 11 is 8.65. The van der Waals surface area contributed by atoms with Crippen LogP contribution >= 0.6 is 27.5 Å². The predicted molar refractivity (Wildman–Crippen MR) is 55.6 cm³/mol. The van der Waals surface area contributed by atoms with Crippen molar-refractivity contribution in [3.05, 3.63) is 27.7 Å². The Bertz CT molecular complexity index is 326. The first-order valence-electron chi connectivity index (χ1n) is 3.60. The SMILES string of the molecule is COc1cc(C)c(C(=O)Cl)c(Br)c1. The first-order valence-corrected chi connectivity index (χ1v) is 4.77. The summed E-state index contributed by atoms with van der Waals surface area (Å²) < 4.78 is 5.68. The van der Waals surface area contributed by atoms with E-state index in [9.17, 15) is 4.79 Å². The van der Waals surface area contributed by atoms with Gasteiger partial charge >= 0.3 is 0 Å². The van der Waals surface area contributed by atoms with Gasteiger partial charge in [0.1, 0.15) is 5.75 Å². The summed E-state index contributed by atoms with van der Waals surface area (Å²) in [5.74, 6) is 0.700. The molecule has 0 fully saturated rings. The maximum Gasteiger partial charge on any atom is 0.253 e. The van der Waals surface area contributed by atoms with E-state index in [-0.39, 0.29) is 0 Å². The van der Waals surface area contributed by atoms with E-state index < -0.39 is 5.24 Å². The van der Waals surface area contributed by atoms with Crippen molar-refractivity contribution >= 4 is 32.8 Å². The van der Waals surface area contributed by atoms with Crippen LogP contribution in [0.4, 0.5) is 0 Å². The Morgan fingerprint density at radius 1 is 1.54 bits per heavy atom. The van der Waals surface area contributed by atoms with Crippen LogP contribution in [0.1, 0.15) is 15.9 Å².